The maximum Gasteiger partial charge on any atom is 0.264 e. The Morgan fingerprint density at radius 1 is 0.903 bits per heavy atom. The van der Waals surface area contributed by atoms with Gasteiger partial charge in [-0.2, -0.15) is 0 Å². The van der Waals surface area contributed by atoms with E-state index in [1.54, 1.807) is 30.3 Å². The van der Waals surface area contributed by atoms with Crippen molar-refractivity contribution in [3.63, 3.8) is 0 Å². The molecule has 0 radical (unpaired) electrons. The lowest BCUT2D eigenvalue weighted by molar-refractivity contribution is -0.119. The summed E-state index contributed by atoms with van der Waals surface area (Å²) in [4.78, 5) is 12.8. The van der Waals surface area contributed by atoms with Crippen molar-refractivity contribution in [3.05, 3.63) is 84.4 Å². The molecule has 0 saturated heterocycles. The fourth-order valence-corrected chi connectivity index (χ4v) is 4.44. The van der Waals surface area contributed by atoms with Gasteiger partial charge in [0.2, 0.25) is 5.91 Å². The van der Waals surface area contributed by atoms with Crippen molar-refractivity contribution in [1.82, 2.24) is 5.32 Å². The first kappa shape index (κ1) is 22.2. The quantitative estimate of drug-likeness (QED) is 0.552. The standard InChI is InChI=1S/C23H24N2O5S/c1-29-19-13-14-22(30-2)21(15-19)25(31(27,28)20-11-7-4-8-12-20)17-23(26)24-16-18-9-5-3-6-10-18/h3-15H,16-17H2,1-2H3,(H,24,26). The summed E-state index contributed by atoms with van der Waals surface area (Å²) in [6, 6.07) is 22.1. The number of hydrogen-bond acceptors (Lipinski definition) is 5. The molecule has 0 aromatic heterocycles. The minimum absolute atomic E-state index is 0.0655. The number of carbonyl (C=O) groups is 1. The highest BCUT2D eigenvalue weighted by atomic mass is 32.2. The van der Waals surface area contributed by atoms with Crippen LogP contribution in [0.4, 0.5) is 5.69 Å². The van der Waals surface area contributed by atoms with Crippen LogP contribution < -0.4 is 19.1 Å². The van der Waals surface area contributed by atoms with Crippen molar-refractivity contribution < 1.29 is 22.7 Å². The lowest BCUT2D eigenvalue weighted by atomic mass is 10.2. The summed E-state index contributed by atoms with van der Waals surface area (Å²) in [6.45, 7) is -0.137. The highest BCUT2D eigenvalue weighted by Gasteiger charge is 2.29. The summed E-state index contributed by atoms with van der Waals surface area (Å²) in [5, 5.41) is 2.77. The van der Waals surface area contributed by atoms with Gasteiger partial charge in [-0.15, -0.1) is 0 Å². The van der Waals surface area contributed by atoms with Crippen molar-refractivity contribution in [2.45, 2.75) is 11.4 Å². The summed E-state index contributed by atoms with van der Waals surface area (Å²) >= 11 is 0. The molecule has 7 nitrogen and oxygen atoms in total. The molecule has 8 heteroatoms. The molecular weight excluding hydrogens is 416 g/mol. The lowest BCUT2D eigenvalue weighted by Crippen LogP contribution is -2.40. The number of nitrogens with zero attached hydrogens (tertiary/aromatic N) is 1. The van der Waals surface area contributed by atoms with Crippen LogP contribution in [-0.2, 0) is 21.4 Å². The van der Waals surface area contributed by atoms with E-state index in [2.05, 4.69) is 5.32 Å². The Balaban J connectivity index is 1.96. The summed E-state index contributed by atoms with van der Waals surface area (Å²) in [5.74, 6) is 0.290. The van der Waals surface area contributed by atoms with Crippen LogP contribution in [-0.4, -0.2) is 35.1 Å². The molecule has 0 aliphatic rings. The first-order chi connectivity index (χ1) is 15.0. The van der Waals surface area contributed by atoms with E-state index >= 15 is 0 Å². The molecule has 162 valence electrons. The van der Waals surface area contributed by atoms with E-state index < -0.39 is 22.5 Å². The zero-order valence-corrected chi connectivity index (χ0v) is 18.1. The molecule has 0 atom stereocenters. The smallest absolute Gasteiger partial charge is 0.264 e. The molecule has 0 heterocycles. The molecule has 31 heavy (non-hydrogen) atoms. The van der Waals surface area contributed by atoms with Crippen LogP contribution in [0.2, 0.25) is 0 Å². The Bertz CT molecular complexity index is 1120. The van der Waals surface area contributed by atoms with Crippen molar-refractivity contribution in [2.24, 2.45) is 0 Å². The first-order valence-corrected chi connectivity index (χ1v) is 11.0. The zero-order chi connectivity index (χ0) is 22.3. The molecule has 1 N–H and O–H groups in total. The summed E-state index contributed by atoms with van der Waals surface area (Å²) in [5.41, 5.74) is 1.12. The van der Waals surface area contributed by atoms with Gasteiger partial charge in [0.25, 0.3) is 10.0 Å². The highest BCUT2D eigenvalue weighted by molar-refractivity contribution is 7.92. The highest BCUT2D eigenvalue weighted by Crippen LogP contribution is 2.35. The number of benzene rings is 3. The molecule has 0 unspecified atom stereocenters. The molecule has 0 bridgehead atoms. The summed E-state index contributed by atoms with van der Waals surface area (Å²) in [6.07, 6.45) is 0. The lowest BCUT2D eigenvalue weighted by Gasteiger charge is -2.26. The van der Waals surface area contributed by atoms with Crippen LogP contribution in [0.3, 0.4) is 0 Å². The van der Waals surface area contributed by atoms with Gasteiger partial charge in [0.1, 0.15) is 18.0 Å². The maximum atomic E-state index is 13.5. The number of carbonyl (C=O) groups excluding carboxylic acids is 1. The first-order valence-electron chi connectivity index (χ1n) is 9.56. The van der Waals surface area contributed by atoms with Crippen molar-refractivity contribution >= 4 is 21.6 Å². The molecule has 3 rings (SSSR count). The maximum absolute atomic E-state index is 13.5. The van der Waals surface area contributed by atoms with Gasteiger partial charge < -0.3 is 14.8 Å². The van der Waals surface area contributed by atoms with Crippen LogP contribution in [0.25, 0.3) is 0 Å². The van der Waals surface area contributed by atoms with Crippen LogP contribution in [0.5, 0.6) is 11.5 Å². The third kappa shape index (κ3) is 5.35. The van der Waals surface area contributed by atoms with E-state index in [0.717, 1.165) is 9.87 Å². The van der Waals surface area contributed by atoms with Crippen molar-refractivity contribution in [1.29, 1.82) is 0 Å². The molecule has 0 fully saturated rings. The predicted molar refractivity (Wildman–Crippen MR) is 119 cm³/mol. The Kier molecular flexibility index (Phi) is 7.15. The Morgan fingerprint density at radius 3 is 2.16 bits per heavy atom. The number of amides is 1. The van der Waals surface area contributed by atoms with Gasteiger partial charge in [0.15, 0.2) is 0 Å². The van der Waals surface area contributed by atoms with Gasteiger partial charge in [-0.05, 0) is 29.8 Å². The number of methoxy groups -OCH3 is 2. The van der Waals surface area contributed by atoms with E-state index in [-0.39, 0.29) is 17.1 Å². The minimum Gasteiger partial charge on any atom is -0.497 e. The molecule has 0 spiro atoms. The van der Waals surface area contributed by atoms with Crippen LogP contribution >= 0.6 is 0 Å². The third-order valence-corrected chi connectivity index (χ3v) is 6.38. The van der Waals surface area contributed by atoms with Crippen molar-refractivity contribution in [3.8, 4) is 11.5 Å². The molecule has 3 aromatic rings. The Labute approximate surface area is 182 Å². The Morgan fingerprint density at radius 2 is 1.55 bits per heavy atom. The summed E-state index contributed by atoms with van der Waals surface area (Å²) in [7, 11) is -1.13. The number of hydrogen-bond donors (Lipinski definition) is 1. The van der Waals surface area contributed by atoms with E-state index in [4.69, 9.17) is 9.47 Å². The van der Waals surface area contributed by atoms with Gasteiger partial charge in [-0.1, -0.05) is 48.5 Å². The average molecular weight is 441 g/mol. The van der Waals surface area contributed by atoms with Gasteiger partial charge in [-0.3, -0.25) is 9.10 Å². The monoisotopic (exact) mass is 440 g/mol. The minimum atomic E-state index is -4.05. The van der Waals surface area contributed by atoms with Gasteiger partial charge >= 0.3 is 0 Å². The zero-order valence-electron chi connectivity index (χ0n) is 17.3. The van der Waals surface area contributed by atoms with Crippen LogP contribution in [0.1, 0.15) is 5.56 Å². The number of sulfonamides is 1. The van der Waals surface area contributed by atoms with Crippen LogP contribution in [0, 0.1) is 0 Å². The molecular formula is C23H24N2O5S. The van der Waals surface area contributed by atoms with Crippen molar-refractivity contribution in [2.75, 3.05) is 25.1 Å². The Hall–Kier alpha value is -3.52. The summed E-state index contributed by atoms with van der Waals surface area (Å²) < 4.78 is 38.6. The van der Waals surface area contributed by atoms with E-state index in [1.807, 2.05) is 30.3 Å². The normalized spacial score (nSPS) is 10.9. The number of nitrogens with one attached hydrogen (secondary N) is 1. The third-order valence-electron chi connectivity index (χ3n) is 4.61. The SMILES string of the molecule is COc1ccc(OC)c(N(CC(=O)NCc2ccccc2)S(=O)(=O)c2ccccc2)c1. The second-order valence-electron chi connectivity index (χ2n) is 6.62. The molecule has 0 aliphatic carbocycles. The fraction of sp³-hybridized carbons (Fsp3) is 0.174. The average Bonchev–Trinajstić information content (AvgIpc) is 2.82. The topological polar surface area (TPSA) is 84.9 Å². The number of anilines is 1. The molecule has 3 aromatic carbocycles. The van der Waals surface area contributed by atoms with E-state index in [0.29, 0.717) is 11.5 Å². The number of ether oxygens (including phenoxy) is 2. The molecule has 0 aliphatic heterocycles. The largest absolute Gasteiger partial charge is 0.497 e. The van der Waals surface area contributed by atoms with Gasteiger partial charge in [-0.25, -0.2) is 8.42 Å². The predicted octanol–water partition coefficient (Wildman–Crippen LogP) is 3.22. The fourth-order valence-electron chi connectivity index (χ4n) is 2.99. The van der Waals surface area contributed by atoms with E-state index in [9.17, 15) is 13.2 Å². The van der Waals surface area contributed by atoms with Gasteiger partial charge in [0.05, 0.1) is 24.8 Å². The molecule has 0 saturated carbocycles. The van der Waals surface area contributed by atoms with Crippen LogP contribution in [0.15, 0.2) is 83.8 Å². The van der Waals surface area contributed by atoms with Gasteiger partial charge in [0, 0.05) is 12.6 Å². The second-order valence-corrected chi connectivity index (χ2v) is 8.49. The second kappa shape index (κ2) is 9.99. The molecule has 1 amide bonds. The number of rotatable bonds is 9. The van der Waals surface area contributed by atoms with E-state index in [1.165, 1.54) is 32.4 Å².